The van der Waals surface area contributed by atoms with Gasteiger partial charge in [0.15, 0.2) is 5.96 Å². The van der Waals surface area contributed by atoms with Gasteiger partial charge in [0.05, 0.1) is 12.8 Å². The molecule has 3 N–H and O–H groups in total. The Balaban J connectivity index is 0.00000312. The zero-order chi connectivity index (χ0) is 17.0. The van der Waals surface area contributed by atoms with E-state index < -0.39 is 0 Å². The van der Waals surface area contributed by atoms with Crippen LogP contribution in [0.25, 0.3) is 0 Å². The van der Waals surface area contributed by atoms with E-state index in [-0.39, 0.29) is 29.7 Å². The third kappa shape index (κ3) is 8.78. The molecule has 0 unspecified atom stereocenters. The minimum atomic E-state index is 0. The lowest BCUT2D eigenvalue weighted by Gasteiger charge is -2.11. The number of aromatic hydroxyl groups is 1. The van der Waals surface area contributed by atoms with Crippen LogP contribution in [0, 0.1) is 0 Å². The normalized spacial score (nSPS) is 11.0. The van der Waals surface area contributed by atoms with E-state index in [9.17, 15) is 5.11 Å². The van der Waals surface area contributed by atoms with Gasteiger partial charge in [-0.1, -0.05) is 12.1 Å². The molecule has 0 spiro atoms. The number of furan rings is 1. The van der Waals surface area contributed by atoms with Crippen LogP contribution in [0.15, 0.2) is 52.1 Å². The fraction of sp³-hybridized carbons (Fsp3) is 0.389. The van der Waals surface area contributed by atoms with Crippen molar-refractivity contribution in [2.75, 3.05) is 19.7 Å². The number of rotatable bonds is 9. The molecule has 0 bridgehead atoms. The number of phenolic OH excluding ortho intramolecular Hbond substituents is 1. The zero-order valence-corrected chi connectivity index (χ0v) is 16.7. The van der Waals surface area contributed by atoms with E-state index in [0.717, 1.165) is 36.8 Å². The van der Waals surface area contributed by atoms with E-state index in [1.807, 2.05) is 31.2 Å². The Morgan fingerprint density at radius 1 is 1.24 bits per heavy atom. The van der Waals surface area contributed by atoms with Crippen molar-refractivity contribution in [3.05, 3.63) is 54.0 Å². The number of hydrogen-bond acceptors (Lipinski definition) is 4. The number of nitrogens with one attached hydrogen (secondary N) is 2. The van der Waals surface area contributed by atoms with Gasteiger partial charge in [0.1, 0.15) is 18.1 Å². The van der Waals surface area contributed by atoms with Crippen molar-refractivity contribution in [1.29, 1.82) is 0 Å². The molecule has 0 amide bonds. The van der Waals surface area contributed by atoms with Gasteiger partial charge in [-0.25, -0.2) is 4.99 Å². The quantitative estimate of drug-likeness (QED) is 0.232. The summed E-state index contributed by atoms with van der Waals surface area (Å²) in [5.41, 5.74) is 0.967. The van der Waals surface area contributed by atoms with E-state index >= 15 is 0 Å². The van der Waals surface area contributed by atoms with Gasteiger partial charge >= 0.3 is 0 Å². The monoisotopic (exact) mass is 459 g/mol. The van der Waals surface area contributed by atoms with Gasteiger partial charge in [-0.05, 0) is 43.2 Å². The predicted molar refractivity (Wildman–Crippen MR) is 109 cm³/mol. The van der Waals surface area contributed by atoms with E-state index in [1.165, 1.54) is 0 Å². The lowest BCUT2D eigenvalue weighted by atomic mass is 10.2. The highest BCUT2D eigenvalue weighted by Crippen LogP contribution is 2.11. The molecular formula is C18H26IN3O3. The third-order valence-electron chi connectivity index (χ3n) is 3.26. The maximum Gasteiger partial charge on any atom is 0.191 e. The fourth-order valence-electron chi connectivity index (χ4n) is 2.12. The van der Waals surface area contributed by atoms with Crippen LogP contribution in [0.5, 0.6) is 5.75 Å². The summed E-state index contributed by atoms with van der Waals surface area (Å²) in [5, 5.41) is 15.9. The van der Waals surface area contributed by atoms with Gasteiger partial charge in [0, 0.05) is 19.7 Å². The van der Waals surface area contributed by atoms with E-state index in [4.69, 9.17) is 9.15 Å². The highest BCUT2D eigenvalue weighted by molar-refractivity contribution is 14.0. The van der Waals surface area contributed by atoms with Crippen LogP contribution in [0.3, 0.4) is 0 Å². The second-order valence-electron chi connectivity index (χ2n) is 5.28. The van der Waals surface area contributed by atoms with Crippen molar-refractivity contribution >= 4 is 29.9 Å². The molecule has 0 aliphatic carbocycles. The summed E-state index contributed by atoms with van der Waals surface area (Å²) >= 11 is 0. The maximum atomic E-state index is 9.47. The molecule has 138 valence electrons. The van der Waals surface area contributed by atoms with Crippen LogP contribution >= 0.6 is 24.0 Å². The topological polar surface area (TPSA) is 79.0 Å². The van der Waals surface area contributed by atoms with Crippen molar-refractivity contribution in [3.8, 4) is 5.75 Å². The van der Waals surface area contributed by atoms with E-state index in [2.05, 4.69) is 15.6 Å². The summed E-state index contributed by atoms with van der Waals surface area (Å²) in [4.78, 5) is 4.51. The number of halogens is 1. The minimum absolute atomic E-state index is 0. The molecule has 7 heteroatoms. The van der Waals surface area contributed by atoms with Gasteiger partial charge in [0.2, 0.25) is 0 Å². The van der Waals surface area contributed by atoms with Gasteiger partial charge in [-0.2, -0.15) is 0 Å². The molecule has 0 atom stereocenters. The molecule has 2 aromatic rings. The Morgan fingerprint density at radius 2 is 2.12 bits per heavy atom. The first-order valence-electron chi connectivity index (χ1n) is 8.18. The molecule has 1 aromatic heterocycles. The van der Waals surface area contributed by atoms with Gasteiger partial charge in [-0.15, -0.1) is 24.0 Å². The number of nitrogens with zero attached hydrogens (tertiary/aromatic N) is 1. The molecule has 1 aromatic carbocycles. The molecule has 25 heavy (non-hydrogen) atoms. The van der Waals surface area contributed by atoms with Crippen molar-refractivity contribution in [1.82, 2.24) is 10.6 Å². The molecule has 0 saturated heterocycles. The molecular weight excluding hydrogens is 433 g/mol. The number of hydrogen-bond donors (Lipinski definition) is 3. The van der Waals surface area contributed by atoms with Crippen LogP contribution in [-0.4, -0.2) is 30.8 Å². The number of guanidine groups is 1. The lowest BCUT2D eigenvalue weighted by Crippen LogP contribution is -2.38. The zero-order valence-electron chi connectivity index (χ0n) is 14.4. The van der Waals surface area contributed by atoms with Crippen molar-refractivity contribution < 1.29 is 14.3 Å². The fourth-order valence-corrected chi connectivity index (χ4v) is 2.12. The van der Waals surface area contributed by atoms with E-state index in [0.29, 0.717) is 19.8 Å². The summed E-state index contributed by atoms with van der Waals surface area (Å²) in [6.45, 7) is 5.25. The average Bonchev–Trinajstić information content (AvgIpc) is 3.09. The van der Waals surface area contributed by atoms with Crippen molar-refractivity contribution in [3.63, 3.8) is 0 Å². The highest BCUT2D eigenvalue weighted by atomic mass is 127. The van der Waals surface area contributed by atoms with E-state index in [1.54, 1.807) is 18.4 Å². The highest BCUT2D eigenvalue weighted by Gasteiger charge is 1.99. The molecule has 6 nitrogen and oxygen atoms in total. The SMILES string of the molecule is CCNC(=NCc1cccc(O)c1)NCCCOCc1ccco1.I. The summed E-state index contributed by atoms with van der Waals surface area (Å²) < 4.78 is 10.7. The smallest absolute Gasteiger partial charge is 0.191 e. The first-order chi connectivity index (χ1) is 11.8. The molecule has 2 rings (SSSR count). The van der Waals surface area contributed by atoms with Gasteiger partial charge in [-0.3, -0.25) is 0 Å². The largest absolute Gasteiger partial charge is 0.508 e. The minimum Gasteiger partial charge on any atom is -0.508 e. The molecule has 0 radical (unpaired) electrons. The summed E-state index contributed by atoms with van der Waals surface area (Å²) in [7, 11) is 0. The Hall–Kier alpha value is -1.74. The molecule has 1 heterocycles. The van der Waals surface area contributed by atoms with Crippen molar-refractivity contribution in [2.24, 2.45) is 4.99 Å². The maximum absolute atomic E-state index is 9.47. The molecule has 0 aliphatic heterocycles. The van der Waals surface area contributed by atoms with Crippen LogP contribution < -0.4 is 10.6 Å². The molecule has 0 aliphatic rings. The molecule has 0 fully saturated rings. The molecule has 0 saturated carbocycles. The van der Waals surface area contributed by atoms with Gasteiger partial charge in [0.25, 0.3) is 0 Å². The number of phenols is 1. The van der Waals surface area contributed by atoms with Crippen LogP contribution in [-0.2, 0) is 17.9 Å². The number of benzene rings is 1. The number of aliphatic imine (C=N–C) groups is 1. The lowest BCUT2D eigenvalue weighted by molar-refractivity contribution is 0.105. The average molecular weight is 459 g/mol. The van der Waals surface area contributed by atoms with Crippen LogP contribution in [0.4, 0.5) is 0 Å². The summed E-state index contributed by atoms with van der Waals surface area (Å²) in [5.74, 6) is 1.85. The van der Waals surface area contributed by atoms with Gasteiger partial charge < -0.3 is 24.9 Å². The first-order valence-corrected chi connectivity index (χ1v) is 8.18. The number of ether oxygens (including phenoxy) is 1. The first kappa shape index (κ1) is 21.3. The van der Waals surface area contributed by atoms with Crippen LogP contribution in [0.2, 0.25) is 0 Å². The predicted octanol–water partition coefficient (Wildman–Crippen LogP) is 3.27. The Morgan fingerprint density at radius 3 is 2.84 bits per heavy atom. The Kier molecular flexibility index (Phi) is 10.7. The summed E-state index contributed by atoms with van der Waals surface area (Å²) in [6.07, 6.45) is 2.52. The Bertz CT molecular complexity index is 618. The third-order valence-corrected chi connectivity index (χ3v) is 3.26. The standard InChI is InChI=1S/C18H25N3O3.HI/c1-2-19-18(21-13-15-6-3-7-16(22)12-15)20-9-5-10-23-14-17-8-4-11-24-17;/h3-4,6-8,11-12,22H,2,5,9-10,13-14H2,1H3,(H2,19,20,21);1H. The second kappa shape index (κ2) is 12.6. The van der Waals surface area contributed by atoms with Crippen molar-refractivity contribution in [2.45, 2.75) is 26.5 Å². The second-order valence-corrected chi connectivity index (χ2v) is 5.28. The summed E-state index contributed by atoms with van der Waals surface area (Å²) in [6, 6.07) is 10.9. The Labute approximate surface area is 165 Å². The van der Waals surface area contributed by atoms with Crippen LogP contribution in [0.1, 0.15) is 24.7 Å².